The number of benzene rings is 10. The molecule has 4 heterocycles. The Morgan fingerprint density at radius 2 is 0.763 bits per heavy atom. The molecule has 0 bridgehead atoms. The van der Waals surface area contributed by atoms with E-state index in [1.54, 1.807) is 0 Å². The summed E-state index contributed by atoms with van der Waals surface area (Å²) in [7, 11) is 0. The van der Waals surface area contributed by atoms with E-state index in [9.17, 15) is 0 Å². The van der Waals surface area contributed by atoms with Gasteiger partial charge < -0.3 is 13.7 Å². The lowest BCUT2D eigenvalue weighted by atomic mass is 9.82. The first-order chi connectivity index (χ1) is 37.0. The first kappa shape index (κ1) is 42.6. The molecule has 3 aliphatic carbocycles. The molecular weight excluding hydrogens is 921 g/mol. The monoisotopic (exact) mass is 974 g/mol. The Morgan fingerprint density at radius 3 is 1.29 bits per heavy atom. The van der Waals surface area contributed by atoms with E-state index in [-0.39, 0.29) is 22.3 Å². The van der Waals surface area contributed by atoms with E-state index < -0.39 is 0 Å². The molecule has 4 heteroatoms. The van der Waals surface area contributed by atoms with Crippen molar-refractivity contribution in [3.63, 3.8) is 0 Å². The van der Waals surface area contributed by atoms with Crippen LogP contribution in [0.5, 0.6) is 0 Å². The molecule has 0 saturated carbocycles. The van der Waals surface area contributed by atoms with Gasteiger partial charge in [0.1, 0.15) is 0 Å². The average molecular weight is 975 g/mol. The van der Waals surface area contributed by atoms with Gasteiger partial charge in [-0.1, -0.05) is 169 Å². The normalized spacial score (nSPS) is 16.9. The third-order valence-electron chi connectivity index (χ3n) is 19.0. The van der Waals surface area contributed by atoms with Crippen molar-refractivity contribution in [3.05, 3.63) is 233 Å². The highest BCUT2D eigenvalue weighted by Gasteiger charge is 2.40. The molecule has 76 heavy (non-hydrogen) atoms. The van der Waals surface area contributed by atoms with Crippen molar-refractivity contribution in [2.75, 3.05) is 0 Å². The zero-order chi connectivity index (χ0) is 50.7. The van der Waals surface area contributed by atoms with Gasteiger partial charge in [-0.2, -0.15) is 0 Å². The Kier molecular flexibility index (Phi) is 8.04. The van der Waals surface area contributed by atoms with Crippen molar-refractivity contribution in [1.82, 2.24) is 13.7 Å². The van der Waals surface area contributed by atoms with Crippen molar-refractivity contribution in [3.8, 4) is 44.8 Å². The highest BCUT2D eigenvalue weighted by molar-refractivity contribution is 6.15. The fourth-order valence-electron chi connectivity index (χ4n) is 15.4. The Bertz CT molecular complexity index is 4830. The van der Waals surface area contributed by atoms with Crippen LogP contribution in [0.4, 0.5) is 5.69 Å². The molecule has 0 radical (unpaired) electrons. The van der Waals surface area contributed by atoms with Crippen LogP contribution < -0.4 is 0 Å². The van der Waals surface area contributed by atoms with Gasteiger partial charge >= 0.3 is 0 Å². The second-order valence-electron chi connectivity index (χ2n) is 23.8. The zero-order valence-corrected chi connectivity index (χ0v) is 43.6. The summed E-state index contributed by atoms with van der Waals surface area (Å²) in [6, 6.07) is 74.3. The molecule has 1 unspecified atom stereocenters. The maximum absolute atomic E-state index is 5.53. The Labute approximate surface area is 441 Å². The fourth-order valence-corrected chi connectivity index (χ4v) is 15.4. The maximum Gasteiger partial charge on any atom is 0.0720 e. The molecule has 4 aliphatic rings. The Hall–Kier alpha value is -8.73. The van der Waals surface area contributed by atoms with E-state index >= 15 is 0 Å². The second kappa shape index (κ2) is 14.3. The summed E-state index contributed by atoms with van der Waals surface area (Å²) >= 11 is 0. The highest BCUT2D eigenvalue weighted by atomic mass is 15.1. The molecule has 0 saturated heterocycles. The van der Waals surface area contributed by atoms with Crippen LogP contribution in [0.2, 0.25) is 0 Å². The van der Waals surface area contributed by atoms with Gasteiger partial charge in [0.05, 0.1) is 50.7 Å². The summed E-state index contributed by atoms with van der Waals surface area (Å²) < 4.78 is 7.85. The quantitative estimate of drug-likeness (QED) is 0.169. The van der Waals surface area contributed by atoms with Gasteiger partial charge in [-0.3, -0.25) is 4.99 Å². The van der Waals surface area contributed by atoms with E-state index in [0.717, 1.165) is 23.5 Å². The first-order valence-electron chi connectivity index (χ1n) is 27.2. The summed E-state index contributed by atoms with van der Waals surface area (Å²) in [5.74, 6) is 0. The average Bonchev–Trinajstić information content (AvgIpc) is 4.23. The van der Waals surface area contributed by atoms with E-state index in [1.165, 1.54) is 138 Å². The smallest absolute Gasteiger partial charge is 0.0720 e. The zero-order valence-electron chi connectivity index (χ0n) is 43.6. The summed E-state index contributed by atoms with van der Waals surface area (Å²) in [5.41, 5.74) is 27.7. The van der Waals surface area contributed by atoms with Gasteiger partial charge in [0.25, 0.3) is 0 Å². The maximum atomic E-state index is 5.53. The van der Waals surface area contributed by atoms with Gasteiger partial charge in [-0.25, -0.2) is 0 Å². The van der Waals surface area contributed by atoms with Crippen LogP contribution in [-0.4, -0.2) is 19.9 Å². The van der Waals surface area contributed by atoms with Gasteiger partial charge in [-0.15, -0.1) is 0 Å². The number of aromatic nitrogens is 3. The summed E-state index contributed by atoms with van der Waals surface area (Å²) in [6.07, 6.45) is 2.95. The molecule has 0 fully saturated rings. The lowest BCUT2D eigenvalue weighted by molar-refractivity contribution is 0.638. The number of rotatable bonds is 3. The largest absolute Gasteiger partial charge is 0.332 e. The van der Waals surface area contributed by atoms with Crippen LogP contribution in [0.3, 0.4) is 0 Å². The van der Waals surface area contributed by atoms with Crippen LogP contribution >= 0.6 is 0 Å². The van der Waals surface area contributed by atoms with Crippen LogP contribution in [0.15, 0.2) is 199 Å². The van der Waals surface area contributed by atoms with Crippen molar-refractivity contribution in [1.29, 1.82) is 0 Å². The Morgan fingerprint density at radius 1 is 0.355 bits per heavy atom. The van der Waals surface area contributed by atoms with Crippen LogP contribution in [0.25, 0.3) is 110 Å². The standard InChI is InChI=1S/C72H54N4/c1-70(2)54-25-13-7-19-42(54)48-35-51-45-22-10-16-28-61(45)74(65(51)38-57(48)70)41-33-60-69(68(34-41)76-63-30-18-12-24-47(63)53-37-50-44-21-9-15-27-56(44)72(5,6)59(50)40-67(53)76)64(31-32-73-60)75-62-29-17-11-23-46(62)52-36-49-43-20-8-14-26-55(43)71(3,4)58(49)39-66(52)75/h7-30,32-40,64H,31H2,1-6H3. The van der Waals surface area contributed by atoms with Gasteiger partial charge in [0, 0.05) is 72.3 Å². The molecule has 1 atom stereocenters. The molecule has 362 valence electrons. The van der Waals surface area contributed by atoms with E-state index in [2.05, 4.69) is 256 Å². The molecule has 1 aliphatic heterocycles. The van der Waals surface area contributed by atoms with Crippen LogP contribution in [0, 0.1) is 0 Å². The van der Waals surface area contributed by atoms with Gasteiger partial charge in [0.2, 0.25) is 0 Å². The molecule has 3 aromatic heterocycles. The lowest BCUT2D eigenvalue weighted by Crippen LogP contribution is -2.18. The van der Waals surface area contributed by atoms with E-state index in [0.29, 0.717) is 0 Å². The Balaban J connectivity index is 0.994. The third-order valence-corrected chi connectivity index (χ3v) is 19.0. The summed E-state index contributed by atoms with van der Waals surface area (Å²) in [4.78, 5) is 5.53. The number of hydrogen-bond donors (Lipinski definition) is 0. The number of nitrogens with zero attached hydrogens (tertiary/aromatic N) is 4. The number of fused-ring (bicyclic) bond motifs is 19. The molecule has 13 aromatic rings. The predicted molar refractivity (Wildman–Crippen MR) is 318 cm³/mol. The highest BCUT2D eigenvalue weighted by Crippen LogP contribution is 2.56. The molecule has 4 nitrogen and oxygen atoms in total. The number of aliphatic imine (C=N–C) groups is 1. The second-order valence-corrected chi connectivity index (χ2v) is 23.8. The van der Waals surface area contributed by atoms with Crippen LogP contribution in [0.1, 0.15) is 92.9 Å². The van der Waals surface area contributed by atoms with Crippen molar-refractivity contribution in [2.24, 2.45) is 4.99 Å². The molecule has 17 rings (SSSR count). The predicted octanol–water partition coefficient (Wildman–Crippen LogP) is 18.6. The van der Waals surface area contributed by atoms with Gasteiger partial charge in [0.15, 0.2) is 0 Å². The minimum Gasteiger partial charge on any atom is -0.332 e. The first-order valence-corrected chi connectivity index (χ1v) is 27.2. The SMILES string of the molecule is CC1(C)c2ccccc2-c2cc3c4ccccc4n(-c4cc5c(c(-n6c7ccccc7c7cc8c(cc76)C(C)(C)c6ccccc6-8)c4)C(n4c6ccccc6c6cc7c(cc64)C(C)(C)c4ccccc4-7)CC=N5)c3cc21. The number of para-hydroxylation sites is 3. The van der Waals surface area contributed by atoms with E-state index in [1.807, 2.05) is 0 Å². The summed E-state index contributed by atoms with van der Waals surface area (Å²) in [6.45, 7) is 14.4. The minimum atomic E-state index is -0.178. The third kappa shape index (κ3) is 5.22. The topological polar surface area (TPSA) is 27.1 Å². The molecular formula is C72H54N4. The van der Waals surface area contributed by atoms with Crippen molar-refractivity contribution >= 4 is 77.3 Å². The molecule has 0 N–H and O–H groups in total. The molecule has 0 spiro atoms. The fraction of sp³-hybridized carbons (Fsp3) is 0.153. The van der Waals surface area contributed by atoms with Crippen molar-refractivity contribution in [2.45, 2.75) is 70.3 Å². The molecule has 0 amide bonds. The van der Waals surface area contributed by atoms with Crippen LogP contribution in [-0.2, 0) is 16.2 Å². The summed E-state index contributed by atoms with van der Waals surface area (Å²) in [5, 5.41) is 7.60. The van der Waals surface area contributed by atoms with Crippen molar-refractivity contribution < 1.29 is 0 Å². The van der Waals surface area contributed by atoms with Gasteiger partial charge in [-0.05, 0) is 133 Å². The lowest BCUT2D eigenvalue weighted by Gasteiger charge is -2.30. The molecule has 10 aromatic carbocycles. The number of hydrogen-bond acceptors (Lipinski definition) is 1. The minimum absolute atomic E-state index is 0.0732. The van der Waals surface area contributed by atoms with E-state index in [4.69, 9.17) is 4.99 Å².